The number of ether oxygens (including phenoxy) is 1. The molecule has 14 heteroatoms. The highest BCUT2D eigenvalue weighted by molar-refractivity contribution is 6.38. The number of aromatic nitrogens is 2. The van der Waals surface area contributed by atoms with E-state index in [4.69, 9.17) is 27.9 Å². The lowest BCUT2D eigenvalue weighted by Crippen LogP contribution is -2.37. The summed E-state index contributed by atoms with van der Waals surface area (Å²) in [4.78, 5) is 22.2. The fourth-order valence-corrected chi connectivity index (χ4v) is 3.43. The van der Waals surface area contributed by atoms with E-state index in [1.165, 1.54) is 0 Å². The van der Waals surface area contributed by atoms with Crippen LogP contribution >= 0.6 is 23.2 Å². The number of hydrogen-bond acceptors (Lipinski definition) is 5. The van der Waals surface area contributed by atoms with E-state index in [9.17, 15) is 31.1 Å². The molecule has 0 unspecified atom stereocenters. The van der Waals surface area contributed by atoms with Gasteiger partial charge in [0.05, 0.1) is 24.3 Å². The van der Waals surface area contributed by atoms with Crippen molar-refractivity contribution in [2.75, 3.05) is 31.2 Å². The first-order valence-electron chi connectivity index (χ1n) is 8.98. The normalized spacial score (nSPS) is 15.1. The fraction of sp³-hybridized carbons (Fsp3) is 0.389. The van der Waals surface area contributed by atoms with Gasteiger partial charge in [-0.3, -0.25) is 4.79 Å². The minimum absolute atomic E-state index is 0.00272. The molecule has 1 aliphatic rings. The number of amides is 1. The van der Waals surface area contributed by atoms with Gasteiger partial charge in [0.25, 0.3) is 5.91 Å². The molecule has 0 saturated carbocycles. The molecule has 1 aromatic carbocycles. The summed E-state index contributed by atoms with van der Waals surface area (Å²) in [6, 6.07) is 1.02. The van der Waals surface area contributed by atoms with Gasteiger partial charge in [0.15, 0.2) is 0 Å². The molecule has 0 aliphatic carbocycles. The van der Waals surface area contributed by atoms with E-state index in [1.54, 1.807) is 4.90 Å². The van der Waals surface area contributed by atoms with E-state index in [0.29, 0.717) is 38.4 Å². The molecule has 3 rings (SSSR count). The maximum atomic E-state index is 13.0. The number of rotatable bonds is 4. The van der Waals surface area contributed by atoms with Gasteiger partial charge in [0.1, 0.15) is 15.9 Å². The Morgan fingerprint density at radius 2 is 1.47 bits per heavy atom. The number of morpholine rings is 1. The van der Waals surface area contributed by atoms with Gasteiger partial charge in [-0.25, -0.2) is 9.97 Å². The number of alkyl halides is 6. The summed E-state index contributed by atoms with van der Waals surface area (Å²) < 4.78 is 83.1. The van der Waals surface area contributed by atoms with Crippen LogP contribution in [0, 0.1) is 0 Å². The molecular weight excluding hydrogens is 489 g/mol. The summed E-state index contributed by atoms with van der Waals surface area (Å²) >= 11 is 12.1. The van der Waals surface area contributed by atoms with E-state index in [0.717, 1.165) is 0 Å². The lowest BCUT2D eigenvalue weighted by atomic mass is 10.0. The van der Waals surface area contributed by atoms with Crippen molar-refractivity contribution in [1.29, 1.82) is 0 Å². The van der Waals surface area contributed by atoms with Gasteiger partial charge >= 0.3 is 12.4 Å². The predicted molar refractivity (Wildman–Crippen MR) is 103 cm³/mol. The number of hydrogen-bond donors (Lipinski definition) is 1. The maximum Gasteiger partial charge on any atom is 0.416 e. The number of carbonyl (C=O) groups excluding carboxylic acids is 1. The SMILES string of the molecule is O=C(NCc1cc(C(F)(F)F)cc(C(F)(F)F)c1)c1c(Cl)nc(N2CCOCC2)nc1Cl. The topological polar surface area (TPSA) is 67.4 Å². The minimum atomic E-state index is -5.00. The number of nitrogens with one attached hydrogen (secondary N) is 1. The van der Waals surface area contributed by atoms with E-state index >= 15 is 0 Å². The molecule has 0 spiro atoms. The van der Waals surface area contributed by atoms with Gasteiger partial charge in [0.2, 0.25) is 5.95 Å². The van der Waals surface area contributed by atoms with Crippen LogP contribution in [0.1, 0.15) is 27.0 Å². The molecule has 2 aromatic rings. The summed E-state index contributed by atoms with van der Waals surface area (Å²) in [7, 11) is 0. The first-order chi connectivity index (χ1) is 14.9. The lowest BCUT2D eigenvalue weighted by Gasteiger charge is -2.27. The molecule has 2 heterocycles. The molecule has 174 valence electrons. The second kappa shape index (κ2) is 9.28. The molecule has 1 fully saturated rings. The average Bonchev–Trinajstić information content (AvgIpc) is 2.71. The molecule has 6 nitrogen and oxygen atoms in total. The predicted octanol–water partition coefficient (Wildman–Crippen LogP) is 4.59. The fourth-order valence-electron chi connectivity index (χ4n) is 2.88. The summed E-state index contributed by atoms with van der Waals surface area (Å²) in [5, 5.41) is 1.57. The van der Waals surface area contributed by atoms with Crippen molar-refractivity contribution in [2.45, 2.75) is 18.9 Å². The largest absolute Gasteiger partial charge is 0.416 e. The molecule has 0 atom stereocenters. The average molecular weight is 503 g/mol. The summed E-state index contributed by atoms with van der Waals surface area (Å²) in [6.45, 7) is 1.14. The molecule has 0 bridgehead atoms. The highest BCUT2D eigenvalue weighted by atomic mass is 35.5. The minimum Gasteiger partial charge on any atom is -0.378 e. The first-order valence-corrected chi connectivity index (χ1v) is 9.74. The number of halogens is 8. The lowest BCUT2D eigenvalue weighted by molar-refractivity contribution is -0.143. The van der Waals surface area contributed by atoms with Crippen LogP contribution in [0.5, 0.6) is 0 Å². The van der Waals surface area contributed by atoms with Crippen LogP contribution in [-0.4, -0.2) is 42.2 Å². The molecule has 1 aliphatic heterocycles. The Bertz CT molecular complexity index is 955. The van der Waals surface area contributed by atoms with Gasteiger partial charge in [-0.15, -0.1) is 0 Å². The zero-order valence-corrected chi connectivity index (χ0v) is 17.5. The third-order valence-corrected chi connectivity index (χ3v) is 4.98. The Kier molecular flexibility index (Phi) is 7.06. The number of anilines is 1. The van der Waals surface area contributed by atoms with Crippen molar-refractivity contribution in [3.05, 3.63) is 50.8 Å². The van der Waals surface area contributed by atoms with E-state index in [-0.39, 0.29) is 27.9 Å². The van der Waals surface area contributed by atoms with Crippen LogP contribution in [-0.2, 0) is 23.6 Å². The van der Waals surface area contributed by atoms with E-state index < -0.39 is 41.5 Å². The van der Waals surface area contributed by atoms with Gasteiger partial charge in [-0.05, 0) is 23.8 Å². The molecule has 0 radical (unpaired) electrons. The zero-order valence-electron chi connectivity index (χ0n) is 15.9. The quantitative estimate of drug-likeness (QED) is 0.489. The number of nitrogens with zero attached hydrogens (tertiary/aromatic N) is 3. The molecule has 1 amide bonds. The van der Waals surface area contributed by atoms with Gasteiger partial charge in [-0.2, -0.15) is 26.3 Å². The molecule has 1 N–H and O–H groups in total. The van der Waals surface area contributed by atoms with Crippen molar-refractivity contribution in [3.63, 3.8) is 0 Å². The van der Waals surface area contributed by atoms with Crippen LogP contribution in [0.25, 0.3) is 0 Å². The van der Waals surface area contributed by atoms with Crippen molar-refractivity contribution < 1.29 is 35.9 Å². The Morgan fingerprint density at radius 1 is 0.969 bits per heavy atom. The zero-order chi connectivity index (χ0) is 23.7. The molecule has 32 heavy (non-hydrogen) atoms. The van der Waals surface area contributed by atoms with Crippen LogP contribution in [0.4, 0.5) is 32.3 Å². The summed E-state index contributed by atoms with van der Waals surface area (Å²) in [6.07, 6.45) is -10.0. The Labute approximate surface area is 187 Å². The Hall–Kier alpha value is -2.31. The van der Waals surface area contributed by atoms with Crippen LogP contribution in [0.15, 0.2) is 18.2 Å². The molecular formula is C18H14Cl2F6N4O2. The Morgan fingerprint density at radius 3 is 1.94 bits per heavy atom. The monoisotopic (exact) mass is 502 g/mol. The van der Waals surface area contributed by atoms with Gasteiger partial charge in [0, 0.05) is 19.6 Å². The maximum absolute atomic E-state index is 13.0. The third-order valence-electron chi connectivity index (χ3n) is 4.43. The van der Waals surface area contributed by atoms with E-state index in [1.807, 2.05) is 0 Å². The van der Waals surface area contributed by atoms with E-state index in [2.05, 4.69) is 15.3 Å². The van der Waals surface area contributed by atoms with Crippen molar-refractivity contribution in [1.82, 2.24) is 15.3 Å². The van der Waals surface area contributed by atoms with Crippen molar-refractivity contribution >= 4 is 35.1 Å². The third kappa shape index (κ3) is 5.73. The number of carbonyl (C=O) groups is 1. The second-order valence-electron chi connectivity index (χ2n) is 6.68. The van der Waals surface area contributed by atoms with Gasteiger partial charge in [-0.1, -0.05) is 23.2 Å². The second-order valence-corrected chi connectivity index (χ2v) is 7.39. The highest BCUT2D eigenvalue weighted by Crippen LogP contribution is 2.36. The Balaban J connectivity index is 1.81. The van der Waals surface area contributed by atoms with Crippen LogP contribution in [0.3, 0.4) is 0 Å². The summed E-state index contributed by atoms with van der Waals surface area (Å²) in [5.41, 5.74) is -3.76. The standard InChI is InChI=1S/C18H14Cl2F6N4O2/c19-13-12(14(20)29-16(28-13)30-1-3-32-4-2-30)15(31)27-8-9-5-10(17(21,22)23)7-11(6-9)18(24,25)26/h5-7H,1-4,8H2,(H,27,31). The highest BCUT2D eigenvalue weighted by Gasteiger charge is 2.37. The smallest absolute Gasteiger partial charge is 0.378 e. The molecule has 1 aromatic heterocycles. The first kappa shape index (κ1) is 24.3. The van der Waals surface area contributed by atoms with Crippen molar-refractivity contribution in [2.24, 2.45) is 0 Å². The number of benzene rings is 1. The molecule has 1 saturated heterocycles. The van der Waals surface area contributed by atoms with Crippen molar-refractivity contribution in [3.8, 4) is 0 Å². The van der Waals surface area contributed by atoms with Gasteiger partial charge < -0.3 is 15.0 Å². The summed E-state index contributed by atoms with van der Waals surface area (Å²) in [5.74, 6) is -0.799. The van der Waals surface area contributed by atoms with Crippen LogP contribution in [0.2, 0.25) is 10.3 Å². The van der Waals surface area contributed by atoms with Crippen LogP contribution < -0.4 is 10.2 Å².